The Balaban J connectivity index is 2.13. The minimum absolute atomic E-state index is 0.590. The molecular weight excluding hydrogens is 297 g/mol. The van der Waals surface area contributed by atoms with Crippen LogP contribution in [0.25, 0.3) is 0 Å². The number of methoxy groups -OCH3 is 2. The largest absolute Gasteiger partial charge is 0.497 e. The van der Waals surface area contributed by atoms with Gasteiger partial charge in [-0.1, -0.05) is 29.3 Å². The maximum atomic E-state index is 6.14. The standard InChI is InChI=1S/C15H15Cl2NO2/c1-19-13-6-12(7-14(8-13)20-2)18-9-10-3-4-11(16)5-15(10)17/h3-8,18H,9H2,1-2H3. The van der Waals surface area contributed by atoms with Crippen molar-refractivity contribution in [2.24, 2.45) is 0 Å². The van der Waals surface area contributed by atoms with Crippen molar-refractivity contribution in [1.82, 2.24) is 0 Å². The highest BCUT2D eigenvalue weighted by Crippen LogP contribution is 2.27. The molecule has 0 aromatic heterocycles. The third-order valence-corrected chi connectivity index (χ3v) is 3.44. The van der Waals surface area contributed by atoms with Gasteiger partial charge in [-0.2, -0.15) is 0 Å². The molecule has 0 spiro atoms. The Bertz CT molecular complexity index is 580. The molecular formula is C15H15Cl2NO2. The predicted molar refractivity (Wildman–Crippen MR) is 83.3 cm³/mol. The van der Waals surface area contributed by atoms with Crippen LogP contribution in [0.15, 0.2) is 36.4 Å². The van der Waals surface area contributed by atoms with E-state index < -0.39 is 0 Å². The van der Waals surface area contributed by atoms with E-state index in [4.69, 9.17) is 32.7 Å². The normalized spacial score (nSPS) is 10.2. The van der Waals surface area contributed by atoms with E-state index in [1.54, 1.807) is 20.3 Å². The number of nitrogens with one attached hydrogen (secondary N) is 1. The van der Waals surface area contributed by atoms with Gasteiger partial charge in [-0.25, -0.2) is 0 Å². The fourth-order valence-corrected chi connectivity index (χ4v) is 2.25. The SMILES string of the molecule is COc1cc(NCc2ccc(Cl)cc2Cl)cc(OC)c1. The van der Waals surface area contributed by atoms with Gasteiger partial charge in [0, 0.05) is 40.5 Å². The zero-order valence-corrected chi connectivity index (χ0v) is 12.8. The molecule has 106 valence electrons. The average molecular weight is 312 g/mol. The van der Waals surface area contributed by atoms with Crippen molar-refractivity contribution < 1.29 is 9.47 Å². The summed E-state index contributed by atoms with van der Waals surface area (Å²) in [7, 11) is 3.24. The maximum Gasteiger partial charge on any atom is 0.124 e. The molecule has 5 heteroatoms. The van der Waals surface area contributed by atoms with Gasteiger partial charge in [-0.05, 0) is 17.7 Å². The molecule has 0 unspecified atom stereocenters. The van der Waals surface area contributed by atoms with Gasteiger partial charge < -0.3 is 14.8 Å². The molecule has 0 bridgehead atoms. The Morgan fingerprint density at radius 3 is 2.15 bits per heavy atom. The van der Waals surface area contributed by atoms with E-state index in [1.807, 2.05) is 30.3 Å². The van der Waals surface area contributed by atoms with Crippen molar-refractivity contribution in [2.45, 2.75) is 6.54 Å². The van der Waals surface area contributed by atoms with Crippen LogP contribution in [-0.2, 0) is 6.54 Å². The summed E-state index contributed by atoms with van der Waals surface area (Å²) in [5.41, 5.74) is 1.87. The summed E-state index contributed by atoms with van der Waals surface area (Å²) in [6.07, 6.45) is 0. The average Bonchev–Trinajstić information content (AvgIpc) is 2.46. The first-order valence-electron chi connectivity index (χ1n) is 6.03. The summed E-state index contributed by atoms with van der Waals surface area (Å²) in [5.74, 6) is 1.46. The minimum Gasteiger partial charge on any atom is -0.497 e. The molecule has 0 fully saturated rings. The van der Waals surface area contributed by atoms with Gasteiger partial charge in [0.1, 0.15) is 11.5 Å². The van der Waals surface area contributed by atoms with E-state index >= 15 is 0 Å². The molecule has 0 atom stereocenters. The Labute approximate surface area is 128 Å². The lowest BCUT2D eigenvalue weighted by Crippen LogP contribution is -2.01. The predicted octanol–water partition coefficient (Wildman–Crippen LogP) is 4.62. The number of ether oxygens (including phenoxy) is 2. The summed E-state index contributed by atoms with van der Waals surface area (Å²) in [5, 5.41) is 4.55. The van der Waals surface area contributed by atoms with Crippen molar-refractivity contribution >= 4 is 28.9 Å². The van der Waals surface area contributed by atoms with Gasteiger partial charge in [0.2, 0.25) is 0 Å². The zero-order chi connectivity index (χ0) is 14.5. The highest BCUT2D eigenvalue weighted by molar-refractivity contribution is 6.35. The maximum absolute atomic E-state index is 6.14. The Hall–Kier alpha value is -1.58. The van der Waals surface area contributed by atoms with Gasteiger partial charge in [-0.15, -0.1) is 0 Å². The molecule has 2 aromatic rings. The number of anilines is 1. The highest BCUT2D eigenvalue weighted by atomic mass is 35.5. The van der Waals surface area contributed by atoms with Crippen LogP contribution in [0, 0.1) is 0 Å². The first-order chi connectivity index (χ1) is 9.62. The second-order valence-corrected chi connectivity index (χ2v) is 5.03. The van der Waals surface area contributed by atoms with Crippen LogP contribution in [0.3, 0.4) is 0 Å². The summed E-state index contributed by atoms with van der Waals surface area (Å²) >= 11 is 12.0. The van der Waals surface area contributed by atoms with Crippen LogP contribution in [0.1, 0.15) is 5.56 Å². The van der Waals surface area contributed by atoms with E-state index in [1.165, 1.54) is 0 Å². The van der Waals surface area contributed by atoms with E-state index in [0.717, 1.165) is 22.7 Å². The van der Waals surface area contributed by atoms with Gasteiger partial charge in [0.05, 0.1) is 14.2 Å². The summed E-state index contributed by atoms with van der Waals surface area (Å²) < 4.78 is 10.5. The Morgan fingerprint density at radius 2 is 1.60 bits per heavy atom. The van der Waals surface area contributed by atoms with Crippen LogP contribution in [0.5, 0.6) is 11.5 Å². The molecule has 0 aliphatic rings. The molecule has 20 heavy (non-hydrogen) atoms. The molecule has 0 heterocycles. The van der Waals surface area contributed by atoms with E-state index in [9.17, 15) is 0 Å². The van der Waals surface area contributed by atoms with E-state index in [0.29, 0.717) is 16.6 Å². The van der Waals surface area contributed by atoms with Gasteiger partial charge in [0.15, 0.2) is 0 Å². The van der Waals surface area contributed by atoms with Crippen molar-refractivity contribution in [3.63, 3.8) is 0 Å². The van der Waals surface area contributed by atoms with Crippen molar-refractivity contribution in [3.8, 4) is 11.5 Å². The summed E-state index contributed by atoms with van der Waals surface area (Å²) in [4.78, 5) is 0. The Kier molecular flexibility index (Phi) is 4.99. The topological polar surface area (TPSA) is 30.5 Å². The fraction of sp³-hybridized carbons (Fsp3) is 0.200. The van der Waals surface area contributed by atoms with Crippen LogP contribution in [-0.4, -0.2) is 14.2 Å². The molecule has 0 saturated carbocycles. The van der Waals surface area contributed by atoms with Gasteiger partial charge in [-0.3, -0.25) is 0 Å². The molecule has 0 aliphatic carbocycles. The van der Waals surface area contributed by atoms with E-state index in [-0.39, 0.29) is 0 Å². The lowest BCUT2D eigenvalue weighted by Gasteiger charge is -2.11. The van der Waals surface area contributed by atoms with Crippen LogP contribution in [0.4, 0.5) is 5.69 Å². The minimum atomic E-state index is 0.590. The van der Waals surface area contributed by atoms with Gasteiger partial charge >= 0.3 is 0 Å². The van der Waals surface area contributed by atoms with Crippen LogP contribution < -0.4 is 14.8 Å². The number of hydrogen-bond acceptors (Lipinski definition) is 3. The molecule has 2 rings (SSSR count). The molecule has 1 N–H and O–H groups in total. The number of hydrogen-bond donors (Lipinski definition) is 1. The number of halogens is 2. The number of rotatable bonds is 5. The van der Waals surface area contributed by atoms with Crippen molar-refractivity contribution in [3.05, 3.63) is 52.0 Å². The molecule has 0 aliphatic heterocycles. The lowest BCUT2D eigenvalue weighted by molar-refractivity contribution is 0.394. The second kappa shape index (κ2) is 6.73. The molecule has 0 radical (unpaired) electrons. The van der Waals surface area contributed by atoms with Crippen molar-refractivity contribution in [2.75, 3.05) is 19.5 Å². The van der Waals surface area contributed by atoms with Crippen LogP contribution in [0.2, 0.25) is 10.0 Å². The number of benzene rings is 2. The quantitative estimate of drug-likeness (QED) is 0.873. The molecule has 3 nitrogen and oxygen atoms in total. The third kappa shape index (κ3) is 3.71. The first kappa shape index (κ1) is 14.8. The summed E-state index contributed by atoms with van der Waals surface area (Å²) in [6, 6.07) is 11.1. The molecule has 0 saturated heterocycles. The molecule has 2 aromatic carbocycles. The third-order valence-electron chi connectivity index (χ3n) is 2.85. The first-order valence-corrected chi connectivity index (χ1v) is 6.79. The zero-order valence-electron chi connectivity index (χ0n) is 11.2. The Morgan fingerprint density at radius 1 is 0.950 bits per heavy atom. The fourth-order valence-electron chi connectivity index (χ4n) is 1.77. The van der Waals surface area contributed by atoms with Crippen LogP contribution >= 0.6 is 23.2 Å². The summed E-state index contributed by atoms with van der Waals surface area (Å²) in [6.45, 7) is 0.590. The van der Waals surface area contributed by atoms with Crippen molar-refractivity contribution in [1.29, 1.82) is 0 Å². The second-order valence-electron chi connectivity index (χ2n) is 4.19. The lowest BCUT2D eigenvalue weighted by atomic mass is 10.2. The van der Waals surface area contributed by atoms with E-state index in [2.05, 4.69) is 5.32 Å². The molecule has 0 amide bonds. The monoisotopic (exact) mass is 311 g/mol. The smallest absolute Gasteiger partial charge is 0.124 e. The highest BCUT2D eigenvalue weighted by Gasteiger charge is 2.04. The van der Waals surface area contributed by atoms with Gasteiger partial charge in [0.25, 0.3) is 0 Å².